The number of thiophene rings is 1. The molecular weight excluding hydrogens is 343 g/mol. The number of thioether (sulfide) groups is 1. The van der Waals surface area contributed by atoms with E-state index in [4.69, 9.17) is 0 Å². The highest BCUT2D eigenvalue weighted by Crippen LogP contribution is 2.40. The van der Waals surface area contributed by atoms with Gasteiger partial charge in [-0.15, -0.1) is 11.3 Å². The van der Waals surface area contributed by atoms with Gasteiger partial charge in [0.05, 0.1) is 5.75 Å². The zero-order valence-corrected chi connectivity index (χ0v) is 14.8. The minimum absolute atomic E-state index is 0.0872. The molecule has 2 heterocycles. The lowest BCUT2D eigenvalue weighted by Crippen LogP contribution is -2.03. The fraction of sp³-hybridized carbons (Fsp3) is 0.278. The highest BCUT2D eigenvalue weighted by molar-refractivity contribution is 8.00. The number of halogens is 1. The van der Waals surface area contributed by atoms with E-state index in [0.717, 1.165) is 33.9 Å². The summed E-state index contributed by atoms with van der Waals surface area (Å²) in [7, 11) is 0. The first kappa shape index (κ1) is 15.7. The fourth-order valence-electron chi connectivity index (χ4n) is 3.05. The van der Waals surface area contributed by atoms with Crippen LogP contribution in [0.4, 0.5) is 4.39 Å². The molecule has 0 N–H and O–H groups in total. The largest absolute Gasteiger partial charge is 0.293 e. The zero-order valence-electron chi connectivity index (χ0n) is 13.1. The lowest BCUT2D eigenvalue weighted by molar-refractivity contribution is 0.102. The molecule has 1 aliphatic carbocycles. The monoisotopic (exact) mass is 358 g/mol. The highest BCUT2D eigenvalue weighted by Gasteiger charge is 2.22. The predicted octanol–water partition coefficient (Wildman–Crippen LogP) is 4.60. The van der Waals surface area contributed by atoms with Crippen molar-refractivity contribution in [1.29, 1.82) is 0 Å². The van der Waals surface area contributed by atoms with E-state index < -0.39 is 0 Å². The third-order valence-electron chi connectivity index (χ3n) is 4.13. The number of rotatable bonds is 4. The first-order chi connectivity index (χ1) is 11.6. The van der Waals surface area contributed by atoms with Crippen molar-refractivity contribution in [2.24, 2.45) is 0 Å². The van der Waals surface area contributed by atoms with Gasteiger partial charge in [-0.3, -0.25) is 4.79 Å². The van der Waals surface area contributed by atoms with Crippen LogP contribution in [-0.4, -0.2) is 21.5 Å². The molecule has 6 heteroatoms. The molecule has 0 saturated carbocycles. The van der Waals surface area contributed by atoms with Crippen molar-refractivity contribution in [2.45, 2.75) is 31.2 Å². The molecular formula is C18H15FN2OS2. The minimum atomic E-state index is -0.387. The van der Waals surface area contributed by atoms with E-state index in [1.807, 2.05) is 6.92 Å². The van der Waals surface area contributed by atoms with Crippen molar-refractivity contribution >= 4 is 39.1 Å². The van der Waals surface area contributed by atoms with Crippen LogP contribution in [0.2, 0.25) is 0 Å². The topological polar surface area (TPSA) is 42.9 Å². The SMILES string of the molecule is Cc1nc(SCC(=O)c2cccc(F)c2)c2c3c(sc2n1)CCC3. The third kappa shape index (κ3) is 2.84. The van der Waals surface area contributed by atoms with E-state index in [9.17, 15) is 9.18 Å². The Labute approximate surface area is 147 Å². The second-order valence-corrected chi connectivity index (χ2v) is 7.88. The van der Waals surface area contributed by atoms with Crippen LogP contribution < -0.4 is 0 Å². The van der Waals surface area contributed by atoms with Gasteiger partial charge in [0.25, 0.3) is 0 Å². The number of hydrogen-bond donors (Lipinski definition) is 0. The Kier molecular flexibility index (Phi) is 4.10. The van der Waals surface area contributed by atoms with Gasteiger partial charge in [0, 0.05) is 15.8 Å². The first-order valence-corrected chi connectivity index (χ1v) is 9.62. The number of benzene rings is 1. The average Bonchev–Trinajstić information content (AvgIpc) is 3.12. The number of carbonyl (C=O) groups is 1. The molecule has 0 unspecified atom stereocenters. The lowest BCUT2D eigenvalue weighted by atomic mass is 10.1. The Balaban J connectivity index is 1.64. The van der Waals surface area contributed by atoms with Crippen molar-refractivity contribution in [2.75, 3.05) is 5.75 Å². The van der Waals surface area contributed by atoms with Gasteiger partial charge in [0.2, 0.25) is 0 Å². The number of aromatic nitrogens is 2. The molecule has 3 aromatic rings. The summed E-state index contributed by atoms with van der Waals surface area (Å²) in [6.07, 6.45) is 3.35. The van der Waals surface area contributed by atoms with Crippen LogP contribution in [0, 0.1) is 12.7 Å². The number of ketones is 1. The molecule has 0 spiro atoms. The van der Waals surface area contributed by atoms with Crippen molar-refractivity contribution in [3.8, 4) is 0 Å². The van der Waals surface area contributed by atoms with Crippen LogP contribution in [0.15, 0.2) is 29.3 Å². The van der Waals surface area contributed by atoms with E-state index in [1.165, 1.54) is 40.8 Å². The van der Waals surface area contributed by atoms with Gasteiger partial charge in [-0.1, -0.05) is 23.9 Å². The number of hydrogen-bond acceptors (Lipinski definition) is 5. The molecule has 2 aromatic heterocycles. The summed E-state index contributed by atoms with van der Waals surface area (Å²) < 4.78 is 13.3. The number of carbonyl (C=O) groups excluding carboxylic acids is 1. The van der Waals surface area contributed by atoms with Gasteiger partial charge < -0.3 is 0 Å². The Morgan fingerprint density at radius 2 is 2.21 bits per heavy atom. The summed E-state index contributed by atoms with van der Waals surface area (Å²) in [4.78, 5) is 23.9. The van der Waals surface area contributed by atoms with E-state index in [-0.39, 0.29) is 17.4 Å². The normalized spacial score (nSPS) is 13.4. The van der Waals surface area contributed by atoms with Gasteiger partial charge in [-0.05, 0) is 43.9 Å². The van der Waals surface area contributed by atoms with Gasteiger partial charge in [0.1, 0.15) is 21.5 Å². The van der Waals surface area contributed by atoms with Crippen molar-refractivity contribution in [3.63, 3.8) is 0 Å². The third-order valence-corrected chi connectivity index (χ3v) is 6.29. The molecule has 1 aliphatic rings. The smallest absolute Gasteiger partial charge is 0.173 e. The summed E-state index contributed by atoms with van der Waals surface area (Å²) in [5.74, 6) is 0.500. The van der Waals surface area contributed by atoms with Crippen LogP contribution in [0.25, 0.3) is 10.2 Å². The number of aryl methyl sites for hydroxylation is 3. The van der Waals surface area contributed by atoms with Gasteiger partial charge in [0.15, 0.2) is 5.78 Å². The predicted molar refractivity (Wildman–Crippen MR) is 95.6 cm³/mol. The maximum Gasteiger partial charge on any atom is 0.173 e. The molecule has 24 heavy (non-hydrogen) atoms. The number of fused-ring (bicyclic) bond motifs is 3. The van der Waals surface area contributed by atoms with Crippen LogP contribution in [0.5, 0.6) is 0 Å². The number of Topliss-reactive ketones (excluding diaryl/α,β-unsaturated/α-hetero) is 1. The molecule has 0 radical (unpaired) electrons. The van der Waals surface area contributed by atoms with Gasteiger partial charge in [-0.25, -0.2) is 14.4 Å². The summed E-state index contributed by atoms with van der Waals surface area (Å²) >= 11 is 3.18. The van der Waals surface area contributed by atoms with Crippen molar-refractivity contribution < 1.29 is 9.18 Å². The Hall–Kier alpha value is -1.79. The summed E-state index contributed by atoms with van der Waals surface area (Å²) in [6.45, 7) is 1.88. The summed E-state index contributed by atoms with van der Waals surface area (Å²) in [5, 5.41) is 2.00. The maximum atomic E-state index is 13.3. The Morgan fingerprint density at radius 1 is 1.33 bits per heavy atom. The average molecular weight is 358 g/mol. The highest BCUT2D eigenvalue weighted by atomic mass is 32.2. The fourth-order valence-corrected chi connectivity index (χ4v) is 5.41. The van der Waals surface area contributed by atoms with Crippen molar-refractivity contribution in [1.82, 2.24) is 9.97 Å². The zero-order chi connectivity index (χ0) is 16.7. The second-order valence-electron chi connectivity index (χ2n) is 5.84. The van der Waals surface area contributed by atoms with Crippen molar-refractivity contribution in [3.05, 3.63) is 51.9 Å². The molecule has 0 amide bonds. The second kappa shape index (κ2) is 6.26. The van der Waals surface area contributed by atoms with Crippen LogP contribution >= 0.6 is 23.1 Å². The lowest BCUT2D eigenvalue weighted by Gasteiger charge is -2.05. The van der Waals surface area contributed by atoms with E-state index in [0.29, 0.717) is 5.56 Å². The molecule has 122 valence electrons. The molecule has 0 saturated heterocycles. The van der Waals surface area contributed by atoms with Gasteiger partial charge in [-0.2, -0.15) is 0 Å². The van der Waals surface area contributed by atoms with E-state index >= 15 is 0 Å². The standard InChI is InChI=1S/C18H15FN2OS2/c1-10-20-17(16-13-6-3-7-15(13)24-18(16)21-10)23-9-14(22)11-4-2-5-12(19)8-11/h2,4-5,8H,3,6-7,9H2,1H3. The van der Waals surface area contributed by atoms with E-state index in [2.05, 4.69) is 9.97 Å². The summed E-state index contributed by atoms with van der Waals surface area (Å²) in [6, 6.07) is 5.84. The molecule has 0 bridgehead atoms. The van der Waals surface area contributed by atoms with Gasteiger partial charge >= 0.3 is 0 Å². The van der Waals surface area contributed by atoms with E-state index in [1.54, 1.807) is 23.5 Å². The molecule has 0 fully saturated rings. The van der Waals surface area contributed by atoms with Crippen LogP contribution in [0.3, 0.4) is 0 Å². The molecule has 0 aliphatic heterocycles. The number of nitrogens with zero attached hydrogens (tertiary/aromatic N) is 2. The Morgan fingerprint density at radius 3 is 3.04 bits per heavy atom. The van der Waals surface area contributed by atoms with Crippen LogP contribution in [-0.2, 0) is 12.8 Å². The molecule has 4 rings (SSSR count). The summed E-state index contributed by atoms with van der Waals surface area (Å²) in [5.41, 5.74) is 1.76. The minimum Gasteiger partial charge on any atom is -0.293 e. The first-order valence-electron chi connectivity index (χ1n) is 7.82. The molecule has 3 nitrogen and oxygen atoms in total. The maximum absolute atomic E-state index is 13.3. The molecule has 1 aromatic carbocycles. The quantitative estimate of drug-likeness (QED) is 0.388. The Bertz CT molecular complexity index is 952. The van der Waals surface area contributed by atoms with Crippen LogP contribution in [0.1, 0.15) is 33.0 Å². The molecule has 0 atom stereocenters.